The molecule has 86 valence electrons. The van der Waals surface area contributed by atoms with Crippen LogP contribution in [0.15, 0.2) is 18.2 Å². The second-order valence-corrected chi connectivity index (χ2v) is 4.83. The van der Waals surface area contributed by atoms with Gasteiger partial charge in [-0.3, -0.25) is 0 Å². The van der Waals surface area contributed by atoms with Gasteiger partial charge in [0.05, 0.1) is 0 Å². The van der Waals surface area contributed by atoms with Crippen LogP contribution in [-0.4, -0.2) is 25.4 Å². The molecular formula is C11H14BFO3. The Labute approximate surface area is 94.3 Å². The normalized spacial score (nSPS) is 19.8. The molecule has 1 heterocycles. The molecule has 2 rings (SSSR count). The van der Waals surface area contributed by atoms with Crippen LogP contribution < -0.4 is 5.46 Å². The number of aromatic hydroxyl groups is 1. The van der Waals surface area contributed by atoms with E-state index in [1.165, 1.54) is 12.1 Å². The van der Waals surface area contributed by atoms with Crippen molar-refractivity contribution in [3.05, 3.63) is 24.0 Å². The number of rotatable bonds is 1. The van der Waals surface area contributed by atoms with Crippen molar-refractivity contribution in [3.63, 3.8) is 0 Å². The molecule has 3 nitrogen and oxygen atoms in total. The summed E-state index contributed by atoms with van der Waals surface area (Å²) >= 11 is 0. The Kier molecular flexibility index (Phi) is 2.91. The highest BCUT2D eigenvalue weighted by Crippen LogP contribution is 2.22. The van der Waals surface area contributed by atoms with Crippen LogP contribution >= 0.6 is 0 Å². The second kappa shape index (κ2) is 4.07. The van der Waals surface area contributed by atoms with Crippen molar-refractivity contribution >= 4 is 12.6 Å². The van der Waals surface area contributed by atoms with Gasteiger partial charge in [0, 0.05) is 18.6 Å². The Morgan fingerprint density at radius 3 is 2.50 bits per heavy atom. The molecule has 1 aromatic carbocycles. The minimum absolute atomic E-state index is 0.00797. The summed E-state index contributed by atoms with van der Waals surface area (Å²) in [5.41, 5.74) is 0.581. The molecule has 0 aromatic heterocycles. The molecule has 0 atom stereocenters. The Balaban J connectivity index is 2.11. The fourth-order valence-corrected chi connectivity index (χ4v) is 1.55. The van der Waals surface area contributed by atoms with Crippen molar-refractivity contribution in [2.45, 2.75) is 13.8 Å². The first-order valence-corrected chi connectivity index (χ1v) is 5.20. The standard InChI is InChI=1S/C11H14BFO3/c1-11(2)6-15-12(16-7-11)8-3-4-10(14)9(13)5-8/h3-5,14H,6-7H2,1-2H3. The van der Waals surface area contributed by atoms with E-state index in [1.807, 2.05) is 13.8 Å². The number of hydrogen-bond donors (Lipinski definition) is 1. The smallest absolute Gasteiger partial charge is 0.494 e. The van der Waals surface area contributed by atoms with Crippen LogP contribution in [0.1, 0.15) is 13.8 Å². The van der Waals surface area contributed by atoms with Crippen molar-refractivity contribution in [1.82, 2.24) is 0 Å². The molecule has 1 N–H and O–H groups in total. The molecule has 0 unspecified atom stereocenters. The zero-order valence-electron chi connectivity index (χ0n) is 9.37. The van der Waals surface area contributed by atoms with E-state index < -0.39 is 12.9 Å². The van der Waals surface area contributed by atoms with E-state index in [2.05, 4.69) is 0 Å². The summed E-state index contributed by atoms with van der Waals surface area (Å²) in [6, 6.07) is 4.14. The maximum Gasteiger partial charge on any atom is 0.494 e. The maximum atomic E-state index is 13.1. The molecule has 1 aliphatic rings. The third-order valence-electron chi connectivity index (χ3n) is 2.49. The van der Waals surface area contributed by atoms with Crippen LogP contribution in [0.4, 0.5) is 4.39 Å². The average Bonchev–Trinajstić information content (AvgIpc) is 2.22. The summed E-state index contributed by atoms with van der Waals surface area (Å²) in [5, 5.41) is 9.07. The Morgan fingerprint density at radius 1 is 1.31 bits per heavy atom. The summed E-state index contributed by atoms with van der Waals surface area (Å²) in [4.78, 5) is 0. The molecule has 0 spiro atoms. The molecule has 1 saturated heterocycles. The van der Waals surface area contributed by atoms with Crippen molar-refractivity contribution in [2.75, 3.05) is 13.2 Å². The maximum absolute atomic E-state index is 13.1. The lowest BCUT2D eigenvalue weighted by atomic mass is 9.76. The van der Waals surface area contributed by atoms with Gasteiger partial charge in [-0.15, -0.1) is 0 Å². The van der Waals surface area contributed by atoms with Crippen LogP contribution in [0.3, 0.4) is 0 Å². The highest BCUT2D eigenvalue weighted by Gasteiger charge is 2.33. The van der Waals surface area contributed by atoms with Gasteiger partial charge in [-0.2, -0.15) is 0 Å². The third-order valence-corrected chi connectivity index (χ3v) is 2.49. The highest BCUT2D eigenvalue weighted by molar-refractivity contribution is 6.61. The van der Waals surface area contributed by atoms with Gasteiger partial charge in [-0.25, -0.2) is 4.39 Å². The van der Waals surface area contributed by atoms with E-state index >= 15 is 0 Å². The number of hydrogen-bond acceptors (Lipinski definition) is 3. The van der Waals surface area contributed by atoms with Gasteiger partial charge in [0.15, 0.2) is 11.6 Å². The van der Waals surface area contributed by atoms with E-state index in [9.17, 15) is 4.39 Å². The van der Waals surface area contributed by atoms with Crippen molar-refractivity contribution < 1.29 is 18.8 Å². The predicted octanol–water partition coefficient (Wildman–Crippen LogP) is 1.30. The van der Waals surface area contributed by atoms with Gasteiger partial charge in [0.25, 0.3) is 0 Å². The van der Waals surface area contributed by atoms with Gasteiger partial charge in [0.1, 0.15) is 0 Å². The number of benzene rings is 1. The molecule has 0 radical (unpaired) electrons. The summed E-state index contributed by atoms with van der Waals surface area (Å²) in [5.74, 6) is -1.02. The zero-order valence-corrected chi connectivity index (χ0v) is 9.37. The van der Waals surface area contributed by atoms with Crippen LogP contribution in [0.2, 0.25) is 0 Å². The molecule has 0 amide bonds. The van der Waals surface area contributed by atoms with Gasteiger partial charge >= 0.3 is 7.12 Å². The lowest BCUT2D eigenvalue weighted by molar-refractivity contribution is 0.0343. The quantitative estimate of drug-likeness (QED) is 0.730. The molecule has 1 aliphatic heterocycles. The highest BCUT2D eigenvalue weighted by atomic mass is 19.1. The second-order valence-electron chi connectivity index (χ2n) is 4.83. The summed E-state index contributed by atoms with van der Waals surface area (Å²) < 4.78 is 24.1. The monoisotopic (exact) mass is 224 g/mol. The Bertz CT molecular complexity index is 385. The summed E-state index contributed by atoms with van der Waals surface area (Å²) in [7, 11) is -0.539. The van der Waals surface area contributed by atoms with Crippen LogP contribution in [0.25, 0.3) is 0 Å². The summed E-state index contributed by atoms with van der Waals surface area (Å²) in [6.45, 7) is 5.22. The first-order chi connectivity index (χ1) is 7.48. The minimum atomic E-state index is -0.658. The molecule has 0 saturated carbocycles. The van der Waals surface area contributed by atoms with Gasteiger partial charge < -0.3 is 14.4 Å². The van der Waals surface area contributed by atoms with Crippen molar-refractivity contribution in [3.8, 4) is 5.75 Å². The Hall–Kier alpha value is -1.07. The third kappa shape index (κ3) is 2.36. The molecule has 1 fully saturated rings. The summed E-state index contributed by atoms with van der Waals surface area (Å²) in [6.07, 6.45) is 0. The van der Waals surface area contributed by atoms with Gasteiger partial charge in [-0.05, 0) is 17.6 Å². The van der Waals surface area contributed by atoms with Gasteiger partial charge in [0.2, 0.25) is 0 Å². The molecule has 1 aromatic rings. The van der Waals surface area contributed by atoms with E-state index in [-0.39, 0.29) is 11.2 Å². The number of halogens is 1. The van der Waals surface area contributed by atoms with Crippen LogP contribution in [0.5, 0.6) is 5.75 Å². The lowest BCUT2D eigenvalue weighted by Crippen LogP contribution is -2.47. The molecular weight excluding hydrogens is 210 g/mol. The molecule has 16 heavy (non-hydrogen) atoms. The van der Waals surface area contributed by atoms with E-state index in [0.717, 1.165) is 0 Å². The minimum Gasteiger partial charge on any atom is -0.505 e. The first-order valence-electron chi connectivity index (χ1n) is 5.20. The first kappa shape index (κ1) is 11.4. The van der Waals surface area contributed by atoms with Crippen LogP contribution in [0, 0.1) is 11.2 Å². The molecule has 5 heteroatoms. The fraction of sp³-hybridized carbons (Fsp3) is 0.455. The predicted molar refractivity (Wildman–Crippen MR) is 59.1 cm³/mol. The SMILES string of the molecule is CC1(C)COB(c2ccc(O)c(F)c2)OC1. The topological polar surface area (TPSA) is 38.7 Å². The van der Waals surface area contributed by atoms with Gasteiger partial charge in [-0.1, -0.05) is 19.9 Å². The molecule has 0 bridgehead atoms. The Morgan fingerprint density at radius 2 is 1.94 bits per heavy atom. The van der Waals surface area contributed by atoms with Crippen molar-refractivity contribution in [1.29, 1.82) is 0 Å². The fourth-order valence-electron chi connectivity index (χ4n) is 1.55. The largest absolute Gasteiger partial charge is 0.505 e. The average molecular weight is 224 g/mol. The van der Waals surface area contributed by atoms with Crippen molar-refractivity contribution in [2.24, 2.45) is 5.41 Å². The van der Waals surface area contributed by atoms with E-state index in [0.29, 0.717) is 18.7 Å². The van der Waals surface area contributed by atoms with Crippen LogP contribution in [-0.2, 0) is 9.31 Å². The van der Waals surface area contributed by atoms with E-state index in [1.54, 1.807) is 6.07 Å². The lowest BCUT2D eigenvalue weighted by Gasteiger charge is -2.33. The van der Waals surface area contributed by atoms with E-state index in [4.69, 9.17) is 14.4 Å². The zero-order chi connectivity index (χ0) is 11.8. The number of phenolic OH excluding ortho intramolecular Hbond substituents is 1. The number of phenols is 1. The molecule has 0 aliphatic carbocycles.